The molecule has 0 saturated heterocycles. The Morgan fingerprint density at radius 3 is 2.61 bits per heavy atom. The molecule has 2 aromatic carbocycles. The van der Waals surface area contributed by atoms with Crippen LogP contribution in [0.3, 0.4) is 0 Å². The molecule has 0 aliphatic heterocycles. The Bertz CT molecular complexity index is 1660. The lowest BCUT2D eigenvalue weighted by Crippen LogP contribution is -2.37. The first-order chi connectivity index (χ1) is 19.8. The first kappa shape index (κ1) is 28.9. The van der Waals surface area contributed by atoms with Gasteiger partial charge in [0.05, 0.1) is 19.4 Å². The summed E-state index contributed by atoms with van der Waals surface area (Å²) in [4.78, 5) is 49.0. The fourth-order valence-corrected chi connectivity index (χ4v) is 3.92. The van der Waals surface area contributed by atoms with Crippen molar-refractivity contribution in [2.75, 3.05) is 25.6 Å². The van der Waals surface area contributed by atoms with E-state index in [1.165, 1.54) is 31.5 Å². The number of pyridine rings is 2. The number of fused-ring (bicyclic) bond motifs is 1. The van der Waals surface area contributed by atoms with E-state index in [0.717, 1.165) is 16.4 Å². The van der Waals surface area contributed by atoms with E-state index >= 15 is 0 Å². The molecular formula is C29H26F2N4O6. The number of aliphatic hydroxyl groups is 1. The third-order valence-corrected chi connectivity index (χ3v) is 5.91. The summed E-state index contributed by atoms with van der Waals surface area (Å²) in [6.07, 6.45) is 4.01. The van der Waals surface area contributed by atoms with Gasteiger partial charge in [0.15, 0.2) is 5.65 Å². The highest BCUT2D eigenvalue weighted by molar-refractivity contribution is 6.06. The van der Waals surface area contributed by atoms with Gasteiger partial charge in [0.25, 0.3) is 11.5 Å². The average molecular weight is 565 g/mol. The Labute approximate surface area is 232 Å². The van der Waals surface area contributed by atoms with Gasteiger partial charge in [-0.15, -0.1) is 4.73 Å². The van der Waals surface area contributed by atoms with Gasteiger partial charge in [-0.2, -0.15) is 0 Å². The molecule has 0 spiro atoms. The highest BCUT2D eigenvalue weighted by Gasteiger charge is 2.24. The molecule has 0 unspecified atom stereocenters. The Morgan fingerprint density at radius 1 is 1.12 bits per heavy atom. The largest absolute Gasteiger partial charge is 0.466 e. The molecule has 0 aliphatic rings. The number of benzene rings is 2. The summed E-state index contributed by atoms with van der Waals surface area (Å²) in [5, 5.41) is 15.1. The summed E-state index contributed by atoms with van der Waals surface area (Å²) in [7, 11) is 1.23. The molecule has 2 aromatic heterocycles. The van der Waals surface area contributed by atoms with Crippen LogP contribution in [0.5, 0.6) is 0 Å². The van der Waals surface area contributed by atoms with Crippen LogP contribution in [0.15, 0.2) is 71.7 Å². The molecule has 0 saturated carbocycles. The molecule has 212 valence electrons. The number of nitrogens with zero attached hydrogens (tertiary/aromatic N) is 2. The van der Waals surface area contributed by atoms with Crippen molar-refractivity contribution in [1.82, 2.24) is 15.0 Å². The van der Waals surface area contributed by atoms with E-state index in [0.29, 0.717) is 11.6 Å². The van der Waals surface area contributed by atoms with Gasteiger partial charge in [0, 0.05) is 42.4 Å². The number of carbonyl (C=O) groups excluding carboxylic acids is 2. The number of rotatable bonds is 11. The summed E-state index contributed by atoms with van der Waals surface area (Å²) in [5.74, 6) is -3.12. The molecule has 4 rings (SSSR count). The van der Waals surface area contributed by atoms with Gasteiger partial charge in [-0.1, -0.05) is 36.4 Å². The molecule has 0 radical (unpaired) electrons. The Kier molecular flexibility index (Phi) is 9.38. The average Bonchev–Trinajstić information content (AvgIpc) is 2.98. The molecule has 41 heavy (non-hydrogen) atoms. The van der Waals surface area contributed by atoms with Crippen LogP contribution >= 0.6 is 0 Å². The zero-order chi connectivity index (χ0) is 29.4. The second-order valence-corrected chi connectivity index (χ2v) is 8.67. The Morgan fingerprint density at radius 2 is 1.90 bits per heavy atom. The van der Waals surface area contributed by atoms with Gasteiger partial charge in [0.2, 0.25) is 0 Å². The second kappa shape index (κ2) is 13.3. The molecular weight excluding hydrogens is 538 g/mol. The number of esters is 1. The molecule has 0 fully saturated rings. The maximum Gasteiger partial charge on any atom is 0.330 e. The molecule has 10 nitrogen and oxygen atoms in total. The molecule has 4 aromatic rings. The predicted octanol–water partition coefficient (Wildman–Crippen LogP) is 2.82. The van der Waals surface area contributed by atoms with Crippen molar-refractivity contribution in [3.63, 3.8) is 0 Å². The molecule has 0 atom stereocenters. The number of amides is 1. The van der Waals surface area contributed by atoms with E-state index in [2.05, 4.69) is 20.4 Å². The van der Waals surface area contributed by atoms with Gasteiger partial charge < -0.3 is 25.3 Å². The van der Waals surface area contributed by atoms with E-state index in [4.69, 9.17) is 4.84 Å². The van der Waals surface area contributed by atoms with Crippen LogP contribution in [0.4, 0.5) is 14.5 Å². The van der Waals surface area contributed by atoms with Crippen LogP contribution < -0.4 is 21.0 Å². The number of methoxy groups -OCH3 is 1. The predicted molar refractivity (Wildman–Crippen MR) is 147 cm³/mol. The third-order valence-electron chi connectivity index (χ3n) is 5.91. The highest BCUT2D eigenvalue weighted by atomic mass is 19.1. The van der Waals surface area contributed by atoms with Crippen LogP contribution in [-0.2, 0) is 22.7 Å². The van der Waals surface area contributed by atoms with Crippen molar-refractivity contribution in [3.05, 3.63) is 111 Å². The zero-order valence-corrected chi connectivity index (χ0v) is 21.9. The summed E-state index contributed by atoms with van der Waals surface area (Å²) in [6, 6.07) is 13.5. The number of aromatic nitrogens is 2. The molecule has 0 aliphatic carbocycles. The minimum Gasteiger partial charge on any atom is -0.466 e. The smallest absolute Gasteiger partial charge is 0.330 e. The maximum atomic E-state index is 14.2. The van der Waals surface area contributed by atoms with Crippen molar-refractivity contribution in [2.45, 2.75) is 13.2 Å². The van der Waals surface area contributed by atoms with E-state index in [1.54, 1.807) is 30.3 Å². The fraction of sp³-hybridized carbons (Fsp3) is 0.172. The van der Waals surface area contributed by atoms with E-state index in [-0.39, 0.29) is 48.6 Å². The number of nitrogens with one attached hydrogen (secondary N) is 2. The second-order valence-electron chi connectivity index (χ2n) is 8.67. The quantitative estimate of drug-likeness (QED) is 0.187. The van der Waals surface area contributed by atoms with Crippen molar-refractivity contribution in [2.24, 2.45) is 0 Å². The van der Waals surface area contributed by atoms with Crippen LogP contribution in [0.1, 0.15) is 27.0 Å². The molecule has 3 N–H and O–H groups in total. The SMILES string of the molecule is COC(=O)C=Cc1cnc2c(c1)c(NCCO)c(C(=O)NCc1ccc(F)cc1F)c(=O)n2OCc1ccccc1. The Balaban J connectivity index is 1.84. The first-order valence-electron chi connectivity index (χ1n) is 12.4. The summed E-state index contributed by atoms with van der Waals surface area (Å²) >= 11 is 0. The lowest BCUT2D eigenvalue weighted by atomic mass is 10.1. The lowest BCUT2D eigenvalue weighted by molar-refractivity contribution is -0.134. The fourth-order valence-electron chi connectivity index (χ4n) is 3.92. The third kappa shape index (κ3) is 6.92. The van der Waals surface area contributed by atoms with E-state index in [1.807, 2.05) is 6.07 Å². The first-order valence-corrected chi connectivity index (χ1v) is 12.4. The maximum absolute atomic E-state index is 14.2. The van der Waals surface area contributed by atoms with Crippen molar-refractivity contribution < 1.29 is 33.1 Å². The Hall–Kier alpha value is -5.10. The van der Waals surface area contributed by atoms with Crippen LogP contribution in [-0.4, -0.2) is 47.0 Å². The van der Waals surface area contributed by atoms with Gasteiger partial charge in [-0.05, 0) is 29.3 Å². The van der Waals surface area contributed by atoms with Gasteiger partial charge in [-0.25, -0.2) is 18.6 Å². The standard InChI is InChI=1S/C29H26F2N4O6/c1-40-24(37)10-7-19-13-22-26(32-11-12-36)25(28(38)34-16-20-8-9-21(30)14-23(20)31)29(39)35(27(22)33-15-19)41-17-18-5-3-2-4-6-18/h2-10,13-15,32,36H,11-12,16-17H2,1H3,(H,34,38). The normalized spacial score (nSPS) is 11.0. The summed E-state index contributed by atoms with van der Waals surface area (Å²) < 4.78 is 33.0. The molecule has 2 heterocycles. The van der Waals surface area contributed by atoms with Gasteiger partial charge in [0.1, 0.15) is 23.8 Å². The van der Waals surface area contributed by atoms with Crippen LogP contribution in [0, 0.1) is 11.6 Å². The van der Waals surface area contributed by atoms with E-state index in [9.17, 15) is 28.3 Å². The number of halogens is 2. The summed E-state index contributed by atoms with van der Waals surface area (Å²) in [5.41, 5.74) is 0.0179. The van der Waals surface area contributed by atoms with Gasteiger partial charge in [-0.3, -0.25) is 9.59 Å². The minimum absolute atomic E-state index is 0.00274. The number of carbonyl (C=O) groups is 2. The van der Waals surface area contributed by atoms with Crippen molar-refractivity contribution in [1.29, 1.82) is 0 Å². The number of aliphatic hydroxyl groups excluding tert-OH is 1. The molecule has 1 amide bonds. The van der Waals surface area contributed by atoms with Gasteiger partial charge >= 0.3 is 5.97 Å². The number of ether oxygens (including phenoxy) is 1. The monoisotopic (exact) mass is 564 g/mol. The number of hydrogen-bond donors (Lipinski definition) is 3. The zero-order valence-electron chi connectivity index (χ0n) is 21.9. The van der Waals surface area contributed by atoms with Crippen LogP contribution in [0.2, 0.25) is 0 Å². The summed E-state index contributed by atoms with van der Waals surface area (Å²) in [6.45, 7) is -0.732. The lowest BCUT2D eigenvalue weighted by Gasteiger charge is -2.18. The van der Waals surface area contributed by atoms with Crippen molar-refractivity contribution in [3.8, 4) is 0 Å². The van der Waals surface area contributed by atoms with E-state index < -0.39 is 34.6 Å². The molecule has 12 heteroatoms. The van der Waals surface area contributed by atoms with Crippen LogP contribution in [0.25, 0.3) is 17.1 Å². The number of hydrogen-bond acceptors (Lipinski definition) is 8. The highest BCUT2D eigenvalue weighted by Crippen LogP contribution is 2.26. The van der Waals surface area contributed by atoms with Crippen molar-refractivity contribution >= 4 is 34.7 Å². The minimum atomic E-state index is -0.881. The molecule has 0 bridgehead atoms. The number of anilines is 1. The topological polar surface area (TPSA) is 132 Å².